The van der Waals surface area contributed by atoms with Crippen LogP contribution in [-0.2, 0) is 26.2 Å². The second kappa shape index (κ2) is 12.4. The van der Waals surface area contributed by atoms with E-state index in [-0.39, 0.29) is 31.3 Å². The number of sulfonamides is 1. The SMILES string of the molecule is COc1cccc(CN(C(=O)CCCN(c2cc(C)cc(C)c2)S(C)(=O)=O)C(C)C(=O)NC(C)(C)C)c1. The average Bonchev–Trinajstić information content (AvgIpc) is 2.77. The van der Waals surface area contributed by atoms with E-state index in [1.807, 2.05) is 77.1 Å². The Bertz CT molecular complexity index is 1180. The topological polar surface area (TPSA) is 96.0 Å². The number of hydrogen-bond acceptors (Lipinski definition) is 5. The van der Waals surface area contributed by atoms with Crippen LogP contribution < -0.4 is 14.4 Å². The van der Waals surface area contributed by atoms with Gasteiger partial charge in [-0.15, -0.1) is 0 Å². The van der Waals surface area contributed by atoms with Crippen molar-refractivity contribution in [1.82, 2.24) is 10.2 Å². The van der Waals surface area contributed by atoms with Crippen molar-refractivity contribution in [1.29, 1.82) is 0 Å². The zero-order chi connectivity index (χ0) is 28.0. The lowest BCUT2D eigenvalue weighted by atomic mass is 10.1. The molecule has 2 aromatic carbocycles. The van der Waals surface area contributed by atoms with Crippen molar-refractivity contribution in [2.75, 3.05) is 24.2 Å². The number of nitrogens with zero attached hydrogens (tertiary/aromatic N) is 2. The average molecular weight is 532 g/mol. The van der Waals surface area contributed by atoms with E-state index >= 15 is 0 Å². The van der Waals surface area contributed by atoms with Crippen LogP contribution >= 0.6 is 0 Å². The minimum Gasteiger partial charge on any atom is -0.497 e. The molecule has 0 bridgehead atoms. The predicted molar refractivity (Wildman–Crippen MR) is 148 cm³/mol. The minimum absolute atomic E-state index is 0.0912. The smallest absolute Gasteiger partial charge is 0.242 e. The summed E-state index contributed by atoms with van der Waals surface area (Å²) >= 11 is 0. The van der Waals surface area contributed by atoms with Gasteiger partial charge in [-0.25, -0.2) is 8.42 Å². The second-order valence-electron chi connectivity index (χ2n) is 10.6. The molecule has 2 rings (SSSR count). The van der Waals surface area contributed by atoms with Crippen LogP contribution in [0.5, 0.6) is 5.75 Å². The number of carbonyl (C=O) groups is 2. The van der Waals surface area contributed by atoms with E-state index in [0.717, 1.165) is 16.7 Å². The molecule has 0 aliphatic rings. The fourth-order valence-corrected chi connectivity index (χ4v) is 5.07. The van der Waals surface area contributed by atoms with Gasteiger partial charge < -0.3 is 15.0 Å². The lowest BCUT2D eigenvalue weighted by Crippen LogP contribution is -2.52. The monoisotopic (exact) mass is 531 g/mol. The number of amides is 2. The second-order valence-corrected chi connectivity index (χ2v) is 12.5. The molecule has 0 saturated carbocycles. The number of rotatable bonds is 11. The number of carbonyl (C=O) groups excluding carboxylic acids is 2. The summed E-state index contributed by atoms with van der Waals surface area (Å²) in [5.74, 6) is 0.180. The van der Waals surface area contributed by atoms with Crippen LogP contribution in [0.1, 0.15) is 57.2 Å². The fraction of sp³-hybridized carbons (Fsp3) is 0.500. The lowest BCUT2D eigenvalue weighted by molar-refractivity contribution is -0.141. The van der Waals surface area contributed by atoms with Crippen LogP contribution in [0.3, 0.4) is 0 Å². The summed E-state index contributed by atoms with van der Waals surface area (Å²) in [6.45, 7) is 11.6. The normalized spacial score (nSPS) is 12.5. The largest absolute Gasteiger partial charge is 0.497 e. The van der Waals surface area contributed by atoms with Crippen molar-refractivity contribution in [2.24, 2.45) is 0 Å². The van der Waals surface area contributed by atoms with Crippen LogP contribution in [0.4, 0.5) is 5.69 Å². The number of anilines is 1. The Morgan fingerprint density at radius 2 is 1.68 bits per heavy atom. The highest BCUT2D eigenvalue weighted by molar-refractivity contribution is 7.92. The Labute approximate surface area is 222 Å². The molecule has 8 nitrogen and oxygen atoms in total. The van der Waals surface area contributed by atoms with Crippen molar-refractivity contribution in [3.8, 4) is 5.75 Å². The quantitative estimate of drug-likeness (QED) is 0.469. The van der Waals surface area contributed by atoms with E-state index < -0.39 is 21.6 Å². The van der Waals surface area contributed by atoms with Crippen LogP contribution in [0.25, 0.3) is 0 Å². The highest BCUT2D eigenvalue weighted by atomic mass is 32.2. The van der Waals surface area contributed by atoms with Gasteiger partial charge in [-0.2, -0.15) is 0 Å². The van der Waals surface area contributed by atoms with Gasteiger partial charge in [0.25, 0.3) is 0 Å². The molecule has 0 fully saturated rings. The van der Waals surface area contributed by atoms with Gasteiger partial charge in [0.15, 0.2) is 0 Å². The van der Waals surface area contributed by atoms with E-state index in [2.05, 4.69) is 5.32 Å². The number of hydrogen-bond donors (Lipinski definition) is 1. The first-order valence-electron chi connectivity index (χ1n) is 12.4. The number of ether oxygens (including phenoxy) is 1. The zero-order valence-corrected chi connectivity index (χ0v) is 24.1. The Morgan fingerprint density at radius 3 is 2.22 bits per heavy atom. The molecule has 2 amide bonds. The summed E-state index contributed by atoms with van der Waals surface area (Å²) in [6, 6.07) is 12.3. The van der Waals surface area contributed by atoms with Crippen molar-refractivity contribution in [3.05, 3.63) is 59.2 Å². The highest BCUT2D eigenvalue weighted by Crippen LogP contribution is 2.23. The highest BCUT2D eigenvalue weighted by Gasteiger charge is 2.28. The molecular weight excluding hydrogens is 490 g/mol. The van der Waals surface area contributed by atoms with Gasteiger partial charge in [0, 0.05) is 25.0 Å². The lowest BCUT2D eigenvalue weighted by Gasteiger charge is -2.32. The van der Waals surface area contributed by atoms with Crippen molar-refractivity contribution in [3.63, 3.8) is 0 Å². The van der Waals surface area contributed by atoms with E-state index in [0.29, 0.717) is 17.9 Å². The summed E-state index contributed by atoms with van der Waals surface area (Å²) in [6.07, 6.45) is 1.57. The molecule has 37 heavy (non-hydrogen) atoms. The molecule has 9 heteroatoms. The molecule has 0 heterocycles. The Kier molecular flexibility index (Phi) is 10.1. The number of aryl methyl sites for hydroxylation is 2. The van der Waals surface area contributed by atoms with E-state index in [9.17, 15) is 18.0 Å². The van der Waals surface area contributed by atoms with Crippen LogP contribution in [-0.4, -0.2) is 56.6 Å². The van der Waals surface area contributed by atoms with Crippen molar-refractivity contribution < 1.29 is 22.7 Å². The molecule has 0 saturated heterocycles. The third-order valence-corrected chi connectivity index (χ3v) is 6.99. The van der Waals surface area contributed by atoms with Gasteiger partial charge in [-0.1, -0.05) is 18.2 Å². The first-order valence-corrected chi connectivity index (χ1v) is 14.3. The molecular formula is C28H41N3O5S. The summed E-state index contributed by atoms with van der Waals surface area (Å²) in [5.41, 5.74) is 2.89. The van der Waals surface area contributed by atoms with E-state index in [4.69, 9.17) is 4.74 Å². The predicted octanol–water partition coefficient (Wildman–Crippen LogP) is 4.19. The maximum Gasteiger partial charge on any atom is 0.242 e. The van der Waals surface area contributed by atoms with Gasteiger partial charge >= 0.3 is 0 Å². The molecule has 1 N–H and O–H groups in total. The van der Waals surface area contributed by atoms with Crippen molar-refractivity contribution in [2.45, 2.75) is 72.5 Å². The van der Waals surface area contributed by atoms with Gasteiger partial charge in [0.1, 0.15) is 11.8 Å². The van der Waals surface area contributed by atoms with E-state index in [1.54, 1.807) is 14.0 Å². The molecule has 204 valence electrons. The molecule has 0 spiro atoms. The first kappa shape index (κ1) is 30.2. The third kappa shape index (κ3) is 9.39. The molecule has 0 radical (unpaired) electrons. The summed E-state index contributed by atoms with van der Waals surface area (Å²) in [4.78, 5) is 27.9. The third-order valence-electron chi connectivity index (χ3n) is 5.80. The van der Waals surface area contributed by atoms with Crippen molar-refractivity contribution >= 4 is 27.5 Å². The Balaban J connectivity index is 2.23. The molecule has 1 atom stereocenters. The minimum atomic E-state index is -3.55. The van der Waals surface area contributed by atoms with Gasteiger partial charge in [0.2, 0.25) is 21.8 Å². The number of methoxy groups -OCH3 is 1. The standard InChI is InChI=1S/C28H41N3O5S/c1-20-15-21(2)17-24(16-20)31(37(8,34)35)14-10-13-26(32)30(22(3)27(33)29-28(4,5)6)19-23-11-9-12-25(18-23)36-7/h9,11-12,15-18,22H,10,13-14,19H2,1-8H3,(H,29,33). The van der Waals surface area contributed by atoms with Gasteiger partial charge in [-0.3, -0.25) is 13.9 Å². The Hall–Kier alpha value is -3.07. The number of nitrogens with one attached hydrogen (secondary N) is 1. The molecule has 0 aliphatic carbocycles. The fourth-order valence-electron chi connectivity index (χ4n) is 4.12. The molecule has 1 unspecified atom stereocenters. The summed E-state index contributed by atoms with van der Waals surface area (Å²) < 4.78 is 31.8. The van der Waals surface area contributed by atoms with Crippen LogP contribution in [0.2, 0.25) is 0 Å². The van der Waals surface area contributed by atoms with Crippen LogP contribution in [0.15, 0.2) is 42.5 Å². The maximum absolute atomic E-state index is 13.4. The summed E-state index contributed by atoms with van der Waals surface area (Å²) in [5, 5.41) is 2.94. The van der Waals surface area contributed by atoms with Gasteiger partial charge in [0.05, 0.1) is 19.1 Å². The first-order chi connectivity index (χ1) is 17.1. The molecule has 0 aliphatic heterocycles. The van der Waals surface area contributed by atoms with E-state index in [1.165, 1.54) is 15.5 Å². The molecule has 2 aromatic rings. The summed E-state index contributed by atoms with van der Waals surface area (Å²) in [7, 11) is -1.97. The van der Waals surface area contributed by atoms with Crippen LogP contribution in [0, 0.1) is 13.8 Å². The zero-order valence-electron chi connectivity index (χ0n) is 23.3. The Morgan fingerprint density at radius 1 is 1.05 bits per heavy atom. The number of benzene rings is 2. The molecule has 0 aromatic heterocycles. The maximum atomic E-state index is 13.4. The van der Waals surface area contributed by atoms with Gasteiger partial charge in [-0.05, 0) is 88.9 Å².